The average molecular weight is 391 g/mol. The molecule has 154 valence electrons. The Kier molecular flexibility index (Phi) is 7.02. The normalized spacial score (nSPS) is 20.9. The maximum atomic E-state index is 13.4. The molecule has 1 heterocycles. The molecule has 1 unspecified atom stereocenters. The first-order valence-electron chi connectivity index (χ1n) is 10.1. The lowest BCUT2D eigenvalue weighted by Gasteiger charge is -2.38. The van der Waals surface area contributed by atoms with Gasteiger partial charge in [0, 0.05) is 26.6 Å². The van der Waals surface area contributed by atoms with Gasteiger partial charge in [-0.3, -0.25) is 14.5 Å². The van der Waals surface area contributed by atoms with Crippen LogP contribution in [0.15, 0.2) is 24.3 Å². The van der Waals surface area contributed by atoms with E-state index in [1.54, 1.807) is 12.1 Å². The number of hydrogen-bond donors (Lipinski definition) is 2. The molecule has 1 atom stereocenters. The van der Waals surface area contributed by atoms with Gasteiger partial charge in [-0.1, -0.05) is 31.4 Å². The maximum absolute atomic E-state index is 13.4. The number of benzene rings is 1. The lowest BCUT2D eigenvalue weighted by molar-refractivity contribution is -0.134. The average Bonchev–Trinajstić information content (AvgIpc) is 2.70. The van der Waals surface area contributed by atoms with Gasteiger partial charge in [-0.25, -0.2) is 4.39 Å². The molecule has 0 spiro atoms. The molecule has 0 aromatic heterocycles. The summed E-state index contributed by atoms with van der Waals surface area (Å²) >= 11 is 0. The summed E-state index contributed by atoms with van der Waals surface area (Å²) in [7, 11) is 0. The Balaban J connectivity index is 1.73. The summed E-state index contributed by atoms with van der Waals surface area (Å²) in [4.78, 5) is 27.1. The van der Waals surface area contributed by atoms with Crippen LogP contribution in [0, 0.1) is 5.82 Å². The number of amides is 2. The topological polar surface area (TPSA) is 70.7 Å². The lowest BCUT2D eigenvalue weighted by Crippen LogP contribution is -2.60. The van der Waals surface area contributed by atoms with Crippen molar-refractivity contribution in [2.75, 3.05) is 32.8 Å². The summed E-state index contributed by atoms with van der Waals surface area (Å²) in [5.74, 6) is -0.580. The Bertz CT molecular complexity index is 668. The van der Waals surface area contributed by atoms with Crippen molar-refractivity contribution in [3.63, 3.8) is 0 Å². The lowest BCUT2D eigenvalue weighted by atomic mass is 9.80. The van der Waals surface area contributed by atoms with Gasteiger partial charge in [0.2, 0.25) is 11.8 Å². The van der Waals surface area contributed by atoms with Crippen molar-refractivity contribution in [3.05, 3.63) is 35.6 Å². The standard InChI is InChI=1S/C21H30FN3O3/c1-16(26)24-21(9-3-2-4-10-21)20(27)23-15-19(25-11-13-28-14-12-25)17-5-7-18(22)8-6-17/h5-8,19H,2-4,9-15H2,1H3,(H,23,27)(H,24,26). The van der Waals surface area contributed by atoms with E-state index in [0.29, 0.717) is 32.6 Å². The predicted octanol–water partition coefficient (Wildman–Crippen LogP) is 2.15. The molecule has 2 aliphatic rings. The third-order valence-corrected chi connectivity index (χ3v) is 5.75. The van der Waals surface area contributed by atoms with Gasteiger partial charge in [-0.15, -0.1) is 0 Å². The van der Waals surface area contributed by atoms with E-state index >= 15 is 0 Å². The first-order chi connectivity index (χ1) is 13.5. The number of nitrogens with one attached hydrogen (secondary N) is 2. The van der Waals surface area contributed by atoms with Gasteiger partial charge in [0.05, 0.1) is 19.3 Å². The van der Waals surface area contributed by atoms with E-state index in [0.717, 1.165) is 37.9 Å². The number of carbonyl (C=O) groups is 2. The minimum atomic E-state index is -0.817. The van der Waals surface area contributed by atoms with Gasteiger partial charge < -0.3 is 15.4 Å². The second-order valence-corrected chi connectivity index (χ2v) is 7.75. The fraction of sp³-hybridized carbons (Fsp3) is 0.619. The van der Waals surface area contributed by atoms with Crippen LogP contribution in [-0.4, -0.2) is 55.1 Å². The van der Waals surface area contributed by atoms with E-state index in [-0.39, 0.29) is 23.7 Å². The largest absolute Gasteiger partial charge is 0.379 e. The summed E-state index contributed by atoms with van der Waals surface area (Å²) in [6, 6.07) is 6.37. The highest BCUT2D eigenvalue weighted by Gasteiger charge is 2.40. The molecule has 1 saturated heterocycles. The van der Waals surface area contributed by atoms with Crippen LogP contribution in [0.25, 0.3) is 0 Å². The molecule has 2 N–H and O–H groups in total. The number of ether oxygens (including phenoxy) is 1. The van der Waals surface area contributed by atoms with E-state index in [2.05, 4.69) is 15.5 Å². The van der Waals surface area contributed by atoms with Crippen LogP contribution in [0.1, 0.15) is 50.6 Å². The molecular weight excluding hydrogens is 361 g/mol. The van der Waals surface area contributed by atoms with Crippen molar-refractivity contribution in [1.29, 1.82) is 0 Å². The highest BCUT2D eigenvalue weighted by molar-refractivity contribution is 5.91. The van der Waals surface area contributed by atoms with Crippen LogP contribution < -0.4 is 10.6 Å². The predicted molar refractivity (Wildman–Crippen MR) is 104 cm³/mol. The summed E-state index contributed by atoms with van der Waals surface area (Å²) in [6.07, 6.45) is 4.27. The Morgan fingerprint density at radius 1 is 1.14 bits per heavy atom. The van der Waals surface area contributed by atoms with E-state index in [1.165, 1.54) is 19.1 Å². The second-order valence-electron chi connectivity index (χ2n) is 7.75. The van der Waals surface area contributed by atoms with Crippen molar-refractivity contribution >= 4 is 11.8 Å². The Hall–Kier alpha value is -1.99. The number of hydrogen-bond acceptors (Lipinski definition) is 4. The van der Waals surface area contributed by atoms with Gasteiger partial charge in [-0.2, -0.15) is 0 Å². The number of nitrogens with zero attached hydrogens (tertiary/aromatic N) is 1. The number of carbonyl (C=O) groups excluding carboxylic acids is 2. The molecule has 2 fully saturated rings. The van der Waals surface area contributed by atoms with Crippen LogP contribution in [-0.2, 0) is 14.3 Å². The van der Waals surface area contributed by atoms with Gasteiger partial charge >= 0.3 is 0 Å². The zero-order valence-corrected chi connectivity index (χ0v) is 16.5. The summed E-state index contributed by atoms with van der Waals surface area (Å²) < 4.78 is 18.8. The summed E-state index contributed by atoms with van der Waals surface area (Å²) in [5, 5.41) is 5.99. The second kappa shape index (κ2) is 9.47. The van der Waals surface area contributed by atoms with Crippen molar-refractivity contribution < 1.29 is 18.7 Å². The molecule has 0 radical (unpaired) electrons. The van der Waals surface area contributed by atoms with Crippen LogP contribution in [0.3, 0.4) is 0 Å². The summed E-state index contributed by atoms with van der Waals surface area (Å²) in [5.41, 5.74) is 0.142. The first kappa shape index (κ1) is 20.7. The Labute approximate surface area is 165 Å². The van der Waals surface area contributed by atoms with Crippen LogP contribution in [0.2, 0.25) is 0 Å². The van der Waals surface area contributed by atoms with Crippen molar-refractivity contribution in [3.8, 4) is 0 Å². The monoisotopic (exact) mass is 391 g/mol. The molecule has 1 aliphatic carbocycles. The van der Waals surface area contributed by atoms with E-state index in [9.17, 15) is 14.0 Å². The van der Waals surface area contributed by atoms with Gasteiger partial charge in [0.15, 0.2) is 0 Å². The zero-order chi connectivity index (χ0) is 20.0. The minimum Gasteiger partial charge on any atom is -0.379 e. The third kappa shape index (κ3) is 5.08. The molecule has 28 heavy (non-hydrogen) atoms. The van der Waals surface area contributed by atoms with Crippen LogP contribution in [0.5, 0.6) is 0 Å². The van der Waals surface area contributed by atoms with E-state index in [4.69, 9.17) is 4.74 Å². The van der Waals surface area contributed by atoms with E-state index in [1.807, 2.05) is 0 Å². The highest BCUT2D eigenvalue weighted by atomic mass is 19.1. The van der Waals surface area contributed by atoms with Crippen molar-refractivity contribution in [2.45, 2.75) is 50.6 Å². The third-order valence-electron chi connectivity index (χ3n) is 5.75. The van der Waals surface area contributed by atoms with Crippen molar-refractivity contribution in [1.82, 2.24) is 15.5 Å². The van der Waals surface area contributed by atoms with Crippen LogP contribution >= 0.6 is 0 Å². The Morgan fingerprint density at radius 3 is 2.39 bits per heavy atom. The fourth-order valence-corrected chi connectivity index (χ4v) is 4.29. The molecule has 2 amide bonds. The van der Waals surface area contributed by atoms with Gasteiger partial charge in [0.25, 0.3) is 0 Å². The maximum Gasteiger partial charge on any atom is 0.245 e. The number of morpholine rings is 1. The van der Waals surface area contributed by atoms with Crippen molar-refractivity contribution in [2.24, 2.45) is 0 Å². The fourth-order valence-electron chi connectivity index (χ4n) is 4.29. The number of rotatable bonds is 6. The summed E-state index contributed by atoms with van der Waals surface area (Å²) in [6.45, 7) is 4.66. The van der Waals surface area contributed by atoms with E-state index < -0.39 is 5.54 Å². The molecule has 0 bridgehead atoms. The Morgan fingerprint density at radius 2 is 1.79 bits per heavy atom. The first-order valence-corrected chi connectivity index (χ1v) is 10.1. The molecule has 1 aromatic carbocycles. The molecule has 6 nitrogen and oxygen atoms in total. The van der Waals surface area contributed by atoms with Gasteiger partial charge in [-0.05, 0) is 30.5 Å². The van der Waals surface area contributed by atoms with Gasteiger partial charge in [0.1, 0.15) is 11.4 Å². The molecule has 1 aromatic rings. The molecule has 1 aliphatic heterocycles. The minimum absolute atomic E-state index is 0.0635. The molecule has 1 saturated carbocycles. The highest BCUT2D eigenvalue weighted by Crippen LogP contribution is 2.29. The molecule has 3 rings (SSSR count). The quantitative estimate of drug-likeness (QED) is 0.780. The molecule has 7 heteroatoms. The SMILES string of the molecule is CC(=O)NC1(C(=O)NCC(c2ccc(F)cc2)N2CCOCC2)CCCCC1. The zero-order valence-electron chi connectivity index (χ0n) is 16.5. The smallest absolute Gasteiger partial charge is 0.245 e. The molecular formula is C21H30FN3O3. The van der Waals surface area contributed by atoms with Crippen LogP contribution in [0.4, 0.5) is 4.39 Å². The number of halogens is 1.